The van der Waals surface area contributed by atoms with E-state index in [1.54, 1.807) is 0 Å². The van der Waals surface area contributed by atoms with Crippen LogP contribution in [0.25, 0.3) is 11.0 Å². The van der Waals surface area contributed by atoms with Gasteiger partial charge in [-0.1, -0.05) is 13.8 Å². The van der Waals surface area contributed by atoms with E-state index in [2.05, 4.69) is 45.3 Å². The quantitative estimate of drug-likeness (QED) is 0.845. The average Bonchev–Trinajstić information content (AvgIpc) is 3.21. The second kappa shape index (κ2) is 7.58. The van der Waals surface area contributed by atoms with Crippen LogP contribution in [0.5, 0.6) is 0 Å². The second-order valence-corrected chi connectivity index (χ2v) is 9.02. The van der Waals surface area contributed by atoms with E-state index in [9.17, 15) is 4.79 Å². The fourth-order valence-corrected chi connectivity index (χ4v) is 3.70. The Morgan fingerprint density at radius 2 is 2.15 bits per heavy atom. The number of rotatable bonds is 5. The molecule has 6 nitrogen and oxygen atoms in total. The summed E-state index contributed by atoms with van der Waals surface area (Å²) >= 11 is 0. The van der Waals surface area contributed by atoms with E-state index in [1.165, 1.54) is 6.42 Å². The first-order valence-corrected chi connectivity index (χ1v) is 10.1. The Morgan fingerprint density at radius 3 is 2.74 bits per heavy atom. The molecule has 3 heterocycles. The first-order valence-electron chi connectivity index (χ1n) is 10.1. The third kappa shape index (κ3) is 4.15. The number of carbonyl (C=O) groups excluding carboxylic acids is 1. The van der Waals surface area contributed by atoms with Gasteiger partial charge in [0.15, 0.2) is 5.65 Å². The zero-order valence-corrected chi connectivity index (χ0v) is 17.5. The van der Waals surface area contributed by atoms with Crippen molar-refractivity contribution in [3.63, 3.8) is 0 Å². The molecule has 1 atom stereocenters. The van der Waals surface area contributed by atoms with E-state index in [0.29, 0.717) is 18.0 Å². The van der Waals surface area contributed by atoms with Crippen molar-refractivity contribution in [1.29, 1.82) is 0 Å². The van der Waals surface area contributed by atoms with Crippen molar-refractivity contribution in [3.05, 3.63) is 23.0 Å². The monoisotopic (exact) mass is 371 g/mol. The molecule has 27 heavy (non-hydrogen) atoms. The number of pyridine rings is 1. The number of hydrogen-bond donors (Lipinski definition) is 2. The van der Waals surface area contributed by atoms with Gasteiger partial charge in [0.05, 0.1) is 22.2 Å². The maximum absolute atomic E-state index is 13.0. The lowest BCUT2D eigenvalue weighted by atomic mass is 10.0. The normalized spacial score (nSPS) is 17.8. The predicted molar refractivity (Wildman–Crippen MR) is 109 cm³/mol. The summed E-state index contributed by atoms with van der Waals surface area (Å²) in [5.74, 6) is 0.889. The van der Waals surface area contributed by atoms with Crippen LogP contribution in [0.1, 0.15) is 75.1 Å². The molecular formula is C21H33N5O. The molecule has 1 amide bonds. The van der Waals surface area contributed by atoms with E-state index < -0.39 is 0 Å². The number of hydrogen-bond acceptors (Lipinski definition) is 4. The van der Waals surface area contributed by atoms with Gasteiger partial charge in [0.2, 0.25) is 0 Å². The van der Waals surface area contributed by atoms with Gasteiger partial charge in [-0.15, -0.1) is 0 Å². The summed E-state index contributed by atoms with van der Waals surface area (Å²) in [7, 11) is 0. The van der Waals surface area contributed by atoms with Gasteiger partial charge in [0.1, 0.15) is 0 Å². The van der Waals surface area contributed by atoms with Crippen molar-refractivity contribution in [2.24, 2.45) is 5.92 Å². The van der Waals surface area contributed by atoms with E-state index in [1.807, 2.05) is 17.7 Å². The molecule has 0 radical (unpaired) electrons. The standard InChI is InChI=1S/C21H33N5O/c1-13(2)17-11-16(20(27)23-10-8-15-7-9-22-12-15)18-14(3)25-26(19(18)24-17)21(4,5)6/h11,13,15,22H,7-10,12H2,1-6H3,(H,23,27). The Morgan fingerprint density at radius 1 is 1.41 bits per heavy atom. The lowest BCUT2D eigenvalue weighted by Gasteiger charge is -2.20. The minimum Gasteiger partial charge on any atom is -0.352 e. The SMILES string of the molecule is Cc1nn(C(C)(C)C)c2nc(C(C)C)cc(C(=O)NCCC3CCNC3)c12. The first-order chi connectivity index (χ1) is 12.7. The molecule has 1 aliphatic heterocycles. The van der Waals surface area contributed by atoms with Crippen molar-refractivity contribution in [3.8, 4) is 0 Å². The largest absolute Gasteiger partial charge is 0.352 e. The molecular weight excluding hydrogens is 338 g/mol. The van der Waals surface area contributed by atoms with Crippen molar-refractivity contribution >= 4 is 16.9 Å². The zero-order valence-electron chi connectivity index (χ0n) is 17.5. The van der Waals surface area contributed by atoms with E-state index >= 15 is 0 Å². The van der Waals surface area contributed by atoms with Gasteiger partial charge in [-0.3, -0.25) is 4.79 Å². The van der Waals surface area contributed by atoms with Crippen molar-refractivity contribution < 1.29 is 4.79 Å². The molecule has 6 heteroatoms. The Kier molecular flexibility index (Phi) is 5.56. The van der Waals surface area contributed by atoms with E-state index in [4.69, 9.17) is 10.1 Å². The molecule has 0 bridgehead atoms. The lowest BCUT2D eigenvalue weighted by molar-refractivity contribution is 0.0953. The molecule has 0 aliphatic carbocycles. The van der Waals surface area contributed by atoms with Gasteiger partial charge >= 0.3 is 0 Å². The minimum absolute atomic E-state index is 0.0215. The first kappa shape index (κ1) is 19.8. The summed E-state index contributed by atoms with van der Waals surface area (Å²) in [6.45, 7) is 15.4. The number of nitrogens with one attached hydrogen (secondary N) is 2. The van der Waals surface area contributed by atoms with Gasteiger partial charge in [-0.2, -0.15) is 5.10 Å². The summed E-state index contributed by atoms with van der Waals surface area (Å²) in [4.78, 5) is 17.9. The van der Waals surface area contributed by atoms with Crippen LogP contribution in [0.3, 0.4) is 0 Å². The number of aryl methyl sites for hydroxylation is 1. The Labute approximate surface area is 162 Å². The Bertz CT molecular complexity index is 825. The number of fused-ring (bicyclic) bond motifs is 1. The highest BCUT2D eigenvalue weighted by Gasteiger charge is 2.25. The molecule has 148 valence electrons. The minimum atomic E-state index is -0.196. The molecule has 2 aromatic heterocycles. The third-order valence-electron chi connectivity index (χ3n) is 5.30. The molecule has 1 unspecified atom stereocenters. The Balaban J connectivity index is 1.95. The topological polar surface area (TPSA) is 71.8 Å². The predicted octanol–water partition coefficient (Wildman–Crippen LogP) is 3.35. The smallest absolute Gasteiger partial charge is 0.252 e. The molecule has 1 fully saturated rings. The maximum Gasteiger partial charge on any atom is 0.252 e. The Hall–Kier alpha value is -1.95. The van der Waals surface area contributed by atoms with Gasteiger partial charge in [-0.25, -0.2) is 9.67 Å². The van der Waals surface area contributed by atoms with Crippen molar-refractivity contribution in [1.82, 2.24) is 25.4 Å². The molecule has 0 aromatic carbocycles. The van der Waals surface area contributed by atoms with Crippen molar-refractivity contribution in [2.45, 2.75) is 65.8 Å². The van der Waals surface area contributed by atoms with E-state index in [-0.39, 0.29) is 17.4 Å². The van der Waals surface area contributed by atoms with E-state index in [0.717, 1.165) is 41.9 Å². The van der Waals surface area contributed by atoms with Crippen molar-refractivity contribution in [2.75, 3.05) is 19.6 Å². The van der Waals surface area contributed by atoms with Crippen LogP contribution in [0.15, 0.2) is 6.07 Å². The molecule has 1 aliphatic rings. The summed E-state index contributed by atoms with van der Waals surface area (Å²) < 4.78 is 1.95. The molecule has 2 aromatic rings. The van der Waals surface area contributed by atoms with Gasteiger partial charge in [-0.05, 0) is 71.5 Å². The van der Waals surface area contributed by atoms with Gasteiger partial charge in [0, 0.05) is 12.2 Å². The zero-order chi connectivity index (χ0) is 19.8. The van der Waals surface area contributed by atoms with Crippen LogP contribution in [-0.2, 0) is 5.54 Å². The summed E-state index contributed by atoms with van der Waals surface area (Å²) in [6, 6.07) is 1.95. The molecule has 2 N–H and O–H groups in total. The van der Waals surface area contributed by atoms with Crippen LogP contribution in [0.4, 0.5) is 0 Å². The van der Waals surface area contributed by atoms with Crippen LogP contribution in [-0.4, -0.2) is 40.3 Å². The summed E-state index contributed by atoms with van der Waals surface area (Å²) in [5.41, 5.74) is 3.08. The highest BCUT2D eigenvalue weighted by Crippen LogP contribution is 2.28. The lowest BCUT2D eigenvalue weighted by Crippen LogP contribution is -2.27. The summed E-state index contributed by atoms with van der Waals surface area (Å²) in [6.07, 6.45) is 2.22. The van der Waals surface area contributed by atoms with Crippen LogP contribution >= 0.6 is 0 Å². The van der Waals surface area contributed by atoms with Gasteiger partial charge < -0.3 is 10.6 Å². The molecule has 1 saturated heterocycles. The van der Waals surface area contributed by atoms with Crippen LogP contribution < -0.4 is 10.6 Å². The van der Waals surface area contributed by atoms with Gasteiger partial charge in [0.25, 0.3) is 5.91 Å². The second-order valence-electron chi connectivity index (χ2n) is 9.02. The fourth-order valence-electron chi connectivity index (χ4n) is 3.70. The highest BCUT2D eigenvalue weighted by atomic mass is 16.1. The number of nitrogens with zero attached hydrogens (tertiary/aromatic N) is 3. The molecule has 0 saturated carbocycles. The highest BCUT2D eigenvalue weighted by molar-refractivity contribution is 6.06. The number of carbonyl (C=O) groups is 1. The summed E-state index contributed by atoms with van der Waals surface area (Å²) in [5, 5.41) is 12.1. The molecule has 3 rings (SSSR count). The fraction of sp³-hybridized carbons (Fsp3) is 0.667. The number of amides is 1. The van der Waals surface area contributed by atoms with Crippen LogP contribution in [0, 0.1) is 12.8 Å². The number of aromatic nitrogens is 3. The van der Waals surface area contributed by atoms with Crippen LogP contribution in [0.2, 0.25) is 0 Å². The average molecular weight is 372 g/mol. The third-order valence-corrected chi connectivity index (χ3v) is 5.30. The maximum atomic E-state index is 13.0. The molecule has 0 spiro atoms.